The monoisotopic (exact) mass is 589 g/mol. The summed E-state index contributed by atoms with van der Waals surface area (Å²) in [5.74, 6) is -6.08. The van der Waals surface area contributed by atoms with Crippen LogP contribution < -0.4 is 16.0 Å². The lowest BCUT2D eigenvalue weighted by Crippen LogP contribution is -2.31. The van der Waals surface area contributed by atoms with Crippen molar-refractivity contribution in [2.75, 3.05) is 35.1 Å². The summed E-state index contributed by atoms with van der Waals surface area (Å²) in [5, 5.41) is 26.3. The van der Waals surface area contributed by atoms with Gasteiger partial charge in [0.05, 0.1) is 0 Å². The van der Waals surface area contributed by atoms with Crippen molar-refractivity contribution in [3.63, 3.8) is 0 Å². The van der Waals surface area contributed by atoms with Crippen LogP contribution in [-0.2, 0) is 19.2 Å². The molecule has 0 radical (unpaired) electrons. The van der Waals surface area contributed by atoms with Crippen LogP contribution in [0.3, 0.4) is 0 Å². The molecule has 0 bridgehead atoms. The Morgan fingerprint density at radius 3 is 1.51 bits per heavy atom. The second-order valence-electron chi connectivity index (χ2n) is 6.56. The number of nitrogens with zero attached hydrogens (tertiary/aromatic N) is 1. The van der Waals surface area contributed by atoms with E-state index in [1.807, 2.05) is 17.0 Å². The SMILES string of the molecule is NC(=O)CC[C@H](Nc1ccc(N(CCCl)CCCl)cc1)C(=O)O.O=C(O)C(F)(F)F.O=C(O)C(F)(F)F. The van der Waals surface area contributed by atoms with Gasteiger partial charge in [-0.2, -0.15) is 26.3 Å². The van der Waals surface area contributed by atoms with E-state index >= 15 is 0 Å². The van der Waals surface area contributed by atoms with Gasteiger partial charge in [0.25, 0.3) is 0 Å². The molecule has 1 aromatic carbocycles. The molecule has 0 unspecified atom stereocenters. The summed E-state index contributed by atoms with van der Waals surface area (Å²) in [6.07, 6.45) is -10.0. The number of hydrogen-bond acceptors (Lipinski definition) is 6. The van der Waals surface area contributed by atoms with Gasteiger partial charge in [-0.05, 0) is 30.7 Å². The second-order valence-corrected chi connectivity index (χ2v) is 7.31. The minimum atomic E-state index is -5.08. The van der Waals surface area contributed by atoms with Crippen LogP contribution in [0, 0.1) is 0 Å². The molecule has 10 nitrogen and oxygen atoms in total. The number of alkyl halides is 8. The van der Waals surface area contributed by atoms with E-state index in [1.54, 1.807) is 12.1 Å². The second kappa shape index (κ2) is 17.3. The van der Waals surface area contributed by atoms with Crippen LogP contribution in [0.4, 0.5) is 37.7 Å². The van der Waals surface area contributed by atoms with Gasteiger partial charge in [-0.3, -0.25) is 4.79 Å². The van der Waals surface area contributed by atoms with Gasteiger partial charge < -0.3 is 31.3 Å². The van der Waals surface area contributed by atoms with Crippen molar-refractivity contribution in [2.24, 2.45) is 5.73 Å². The Morgan fingerprint density at radius 1 is 0.865 bits per heavy atom. The number of primary amides is 1. The van der Waals surface area contributed by atoms with E-state index < -0.39 is 42.2 Å². The van der Waals surface area contributed by atoms with Crippen molar-refractivity contribution >= 4 is 58.4 Å². The highest BCUT2D eigenvalue weighted by Crippen LogP contribution is 2.19. The maximum Gasteiger partial charge on any atom is 0.490 e. The third-order valence-electron chi connectivity index (χ3n) is 3.74. The van der Waals surface area contributed by atoms with Gasteiger partial charge in [0.15, 0.2) is 0 Å². The highest BCUT2D eigenvalue weighted by Gasteiger charge is 2.38. The zero-order valence-electron chi connectivity index (χ0n) is 18.7. The van der Waals surface area contributed by atoms with Gasteiger partial charge >= 0.3 is 30.3 Å². The van der Waals surface area contributed by atoms with Crippen molar-refractivity contribution in [3.05, 3.63) is 24.3 Å². The number of nitrogens with one attached hydrogen (secondary N) is 1. The molecular formula is C19H23Cl2F6N3O7. The molecule has 37 heavy (non-hydrogen) atoms. The van der Waals surface area contributed by atoms with E-state index in [0.717, 1.165) is 5.69 Å². The van der Waals surface area contributed by atoms with Crippen molar-refractivity contribution in [3.8, 4) is 0 Å². The van der Waals surface area contributed by atoms with E-state index in [0.29, 0.717) is 30.5 Å². The maximum atomic E-state index is 11.2. The largest absolute Gasteiger partial charge is 0.490 e. The number of carbonyl (C=O) groups is 4. The van der Waals surface area contributed by atoms with Crippen molar-refractivity contribution < 1.29 is 60.8 Å². The molecule has 0 heterocycles. The number of carboxylic acid groups (broad SMARTS) is 3. The first-order chi connectivity index (χ1) is 16.9. The molecule has 1 rings (SSSR count). The molecule has 0 saturated carbocycles. The van der Waals surface area contributed by atoms with Crippen LogP contribution in [0.5, 0.6) is 0 Å². The fourth-order valence-electron chi connectivity index (χ4n) is 2.09. The van der Waals surface area contributed by atoms with Gasteiger partial charge in [-0.1, -0.05) is 0 Å². The predicted molar refractivity (Wildman–Crippen MR) is 121 cm³/mol. The predicted octanol–water partition coefficient (Wildman–Crippen LogP) is 3.37. The van der Waals surface area contributed by atoms with Crippen LogP contribution in [0.25, 0.3) is 0 Å². The number of benzene rings is 1. The van der Waals surface area contributed by atoms with Crippen molar-refractivity contribution in [1.29, 1.82) is 0 Å². The molecule has 18 heteroatoms. The molecule has 0 spiro atoms. The Kier molecular flexibility index (Phi) is 16.9. The van der Waals surface area contributed by atoms with Gasteiger partial charge in [0, 0.05) is 42.6 Å². The minimum absolute atomic E-state index is 0.0152. The number of carbonyl (C=O) groups excluding carboxylic acids is 1. The summed E-state index contributed by atoms with van der Waals surface area (Å²) in [7, 11) is 0. The average molecular weight is 590 g/mol. The Labute approximate surface area is 215 Å². The van der Waals surface area contributed by atoms with Gasteiger partial charge in [-0.25, -0.2) is 14.4 Å². The zero-order chi connectivity index (χ0) is 29.4. The van der Waals surface area contributed by atoms with E-state index in [1.165, 1.54) is 0 Å². The number of halogens is 8. The third kappa shape index (κ3) is 17.9. The molecular weight excluding hydrogens is 567 g/mol. The van der Waals surface area contributed by atoms with E-state index in [9.17, 15) is 41.0 Å². The van der Waals surface area contributed by atoms with Gasteiger partial charge in [0.2, 0.25) is 5.91 Å². The Bertz CT molecular complexity index is 841. The maximum absolute atomic E-state index is 11.2. The van der Waals surface area contributed by atoms with E-state index in [4.69, 9.17) is 48.7 Å². The van der Waals surface area contributed by atoms with Crippen LogP contribution >= 0.6 is 23.2 Å². The summed E-state index contributed by atoms with van der Waals surface area (Å²) in [6.45, 7) is 1.36. The molecule has 0 aliphatic rings. The molecule has 0 fully saturated rings. The fraction of sp³-hybridized carbons (Fsp3) is 0.474. The normalized spacial score (nSPS) is 11.6. The number of hydrogen-bond donors (Lipinski definition) is 5. The van der Waals surface area contributed by atoms with Gasteiger partial charge in [-0.15, -0.1) is 23.2 Å². The van der Waals surface area contributed by atoms with Crippen LogP contribution in [0.15, 0.2) is 24.3 Å². The Hall–Kier alpha value is -3.14. The summed E-state index contributed by atoms with van der Waals surface area (Å²) in [5.41, 5.74) is 6.67. The topological polar surface area (TPSA) is 170 Å². The summed E-state index contributed by atoms with van der Waals surface area (Å²) in [4.78, 5) is 41.8. The number of carboxylic acids is 3. The number of rotatable bonds is 11. The molecule has 0 aliphatic heterocycles. The molecule has 0 saturated heterocycles. The molecule has 0 aliphatic carbocycles. The lowest BCUT2D eigenvalue weighted by molar-refractivity contribution is -0.193. The number of nitrogens with two attached hydrogens (primary N) is 1. The summed E-state index contributed by atoms with van der Waals surface area (Å²) >= 11 is 11.6. The molecule has 212 valence electrons. The standard InChI is InChI=1S/C15H21Cl2N3O3.2C2HF3O2/c16-7-9-20(10-8-17)12-3-1-11(2-4-12)19-13(15(22)23)5-6-14(18)21;2*3-2(4,5)1(6)7/h1-4,13,19H,5-10H2,(H2,18,21)(H,22,23);2*(H,6,7)/t13-;;/m0../s1. The smallest absolute Gasteiger partial charge is 0.480 e. The van der Waals surface area contributed by atoms with Crippen LogP contribution in [0.1, 0.15) is 12.8 Å². The minimum Gasteiger partial charge on any atom is -0.480 e. The molecule has 1 atom stereocenters. The van der Waals surface area contributed by atoms with Crippen LogP contribution in [-0.4, -0.2) is 82.4 Å². The third-order valence-corrected chi connectivity index (χ3v) is 4.08. The molecule has 6 N–H and O–H groups in total. The average Bonchev–Trinajstić information content (AvgIpc) is 2.76. The van der Waals surface area contributed by atoms with Crippen LogP contribution in [0.2, 0.25) is 0 Å². The van der Waals surface area contributed by atoms with E-state index in [2.05, 4.69) is 5.32 Å². The Balaban J connectivity index is 0. The lowest BCUT2D eigenvalue weighted by Gasteiger charge is -2.23. The first-order valence-corrected chi connectivity index (χ1v) is 10.8. The van der Waals surface area contributed by atoms with E-state index in [-0.39, 0.29) is 12.8 Å². The van der Waals surface area contributed by atoms with Crippen molar-refractivity contribution in [2.45, 2.75) is 31.2 Å². The van der Waals surface area contributed by atoms with Crippen molar-refractivity contribution in [1.82, 2.24) is 0 Å². The lowest BCUT2D eigenvalue weighted by atomic mass is 10.1. The number of aliphatic carboxylic acids is 3. The summed E-state index contributed by atoms with van der Waals surface area (Å²) in [6, 6.07) is 6.44. The molecule has 1 amide bonds. The van der Waals surface area contributed by atoms with Gasteiger partial charge in [0.1, 0.15) is 6.04 Å². The quantitative estimate of drug-likeness (QED) is 0.192. The molecule has 1 aromatic rings. The first-order valence-electron chi connectivity index (χ1n) is 9.71. The highest BCUT2D eigenvalue weighted by atomic mass is 35.5. The molecule has 0 aromatic heterocycles. The number of amides is 1. The Morgan fingerprint density at radius 2 is 1.24 bits per heavy atom. The zero-order valence-corrected chi connectivity index (χ0v) is 20.2. The highest BCUT2D eigenvalue weighted by molar-refractivity contribution is 6.18. The fourth-order valence-corrected chi connectivity index (χ4v) is 2.50. The number of anilines is 2. The first kappa shape index (κ1) is 36.0. The summed E-state index contributed by atoms with van der Waals surface area (Å²) < 4.78 is 63.5.